The summed E-state index contributed by atoms with van der Waals surface area (Å²) < 4.78 is 41.1. The number of aromatic nitrogens is 2. The molecule has 36 heavy (non-hydrogen) atoms. The lowest BCUT2D eigenvalue weighted by Gasteiger charge is -2.40. The first-order valence-electron chi connectivity index (χ1n) is 11.4. The molecule has 3 aromatic rings. The molecule has 12 heteroatoms. The average Bonchev–Trinajstić information content (AvgIpc) is 3.26. The second kappa shape index (κ2) is 12.2. The molecule has 1 atom stereocenters. The van der Waals surface area contributed by atoms with E-state index in [9.17, 15) is 12.8 Å². The standard InChI is InChI=1S/C23H28FN5O2S2.CH2O2/c1-16-22(32-23(25-16)33(30,31)27-21-11-7-10-20(24)26-21)28(3)19-12-14-29(15-13-19)17(2)18-8-5-4-6-9-18;2-1-3/h4-11,17,19H,12-15H2,1-3H3,(H,26,27);1H,(H,2,3)/t17-;/m1./s1. The van der Waals surface area contributed by atoms with E-state index in [1.807, 2.05) is 20.0 Å². The van der Waals surface area contributed by atoms with Gasteiger partial charge >= 0.3 is 0 Å². The Labute approximate surface area is 214 Å². The SMILES string of the molecule is Cc1nc(S(=O)(=O)Nc2cccc(F)n2)sc1N(C)C1CCN([C@H](C)c2ccccc2)CC1.O=CO. The maximum atomic E-state index is 13.3. The molecule has 0 spiro atoms. The number of likely N-dealkylation sites (tertiary alicyclic amines) is 1. The average molecular weight is 536 g/mol. The Balaban J connectivity index is 0.00000115. The van der Waals surface area contributed by atoms with E-state index in [0.717, 1.165) is 48.3 Å². The van der Waals surface area contributed by atoms with E-state index < -0.39 is 16.0 Å². The number of sulfonamides is 1. The van der Waals surface area contributed by atoms with Gasteiger partial charge in [0.05, 0.1) is 5.69 Å². The number of nitrogens with one attached hydrogen (secondary N) is 1. The molecule has 194 valence electrons. The van der Waals surface area contributed by atoms with Gasteiger partial charge in [0.1, 0.15) is 10.8 Å². The zero-order valence-electron chi connectivity index (χ0n) is 20.3. The molecule has 4 rings (SSSR count). The monoisotopic (exact) mass is 535 g/mol. The summed E-state index contributed by atoms with van der Waals surface area (Å²) in [5.74, 6) is -0.823. The first-order chi connectivity index (χ1) is 17.2. The number of rotatable bonds is 7. The van der Waals surface area contributed by atoms with E-state index in [2.05, 4.69) is 55.7 Å². The van der Waals surface area contributed by atoms with Crippen molar-refractivity contribution in [3.8, 4) is 0 Å². The van der Waals surface area contributed by atoms with Crippen LogP contribution >= 0.6 is 11.3 Å². The lowest BCUT2D eigenvalue weighted by atomic mass is 9.99. The Morgan fingerprint density at radius 1 is 1.17 bits per heavy atom. The van der Waals surface area contributed by atoms with E-state index in [1.54, 1.807) is 0 Å². The van der Waals surface area contributed by atoms with Crippen LogP contribution in [-0.2, 0) is 14.8 Å². The van der Waals surface area contributed by atoms with Crippen molar-refractivity contribution in [2.75, 3.05) is 29.8 Å². The Morgan fingerprint density at radius 3 is 2.42 bits per heavy atom. The van der Waals surface area contributed by atoms with E-state index in [4.69, 9.17) is 9.90 Å². The third kappa shape index (κ3) is 6.77. The predicted octanol–water partition coefficient (Wildman–Crippen LogP) is 4.15. The fourth-order valence-electron chi connectivity index (χ4n) is 4.22. The molecule has 1 fully saturated rings. The number of hydrogen-bond acceptors (Lipinski definition) is 8. The predicted molar refractivity (Wildman–Crippen MR) is 138 cm³/mol. The molecule has 0 bridgehead atoms. The molecule has 0 aliphatic carbocycles. The van der Waals surface area contributed by atoms with Crippen LogP contribution < -0.4 is 9.62 Å². The van der Waals surface area contributed by atoms with Crippen LogP contribution in [0.5, 0.6) is 0 Å². The molecule has 0 saturated carbocycles. The van der Waals surface area contributed by atoms with Gasteiger partial charge in [0.2, 0.25) is 10.3 Å². The molecule has 9 nitrogen and oxygen atoms in total. The number of pyridine rings is 1. The molecular weight excluding hydrogens is 505 g/mol. The van der Waals surface area contributed by atoms with Gasteiger partial charge in [-0.2, -0.15) is 12.8 Å². The minimum absolute atomic E-state index is 0.0527. The summed E-state index contributed by atoms with van der Waals surface area (Å²) in [6.45, 7) is 5.75. The van der Waals surface area contributed by atoms with Crippen molar-refractivity contribution < 1.29 is 22.7 Å². The van der Waals surface area contributed by atoms with Crippen molar-refractivity contribution in [2.24, 2.45) is 0 Å². The van der Waals surface area contributed by atoms with Gasteiger partial charge in [-0.1, -0.05) is 47.7 Å². The number of hydrogen-bond donors (Lipinski definition) is 2. The number of thiazole rings is 1. The molecule has 1 aliphatic rings. The molecule has 1 aromatic carbocycles. The van der Waals surface area contributed by atoms with Gasteiger partial charge in [-0.15, -0.1) is 0 Å². The number of piperidine rings is 1. The van der Waals surface area contributed by atoms with Crippen LogP contribution in [0.1, 0.15) is 37.1 Å². The number of aryl methyl sites for hydroxylation is 1. The molecule has 1 saturated heterocycles. The molecule has 2 N–H and O–H groups in total. The summed E-state index contributed by atoms with van der Waals surface area (Å²) in [6.07, 6.45) is 1.97. The number of nitrogens with zero attached hydrogens (tertiary/aromatic N) is 4. The van der Waals surface area contributed by atoms with E-state index in [-0.39, 0.29) is 16.6 Å². The molecule has 0 radical (unpaired) electrons. The van der Waals surface area contributed by atoms with Gasteiger partial charge in [-0.3, -0.25) is 14.4 Å². The quantitative estimate of drug-likeness (QED) is 0.343. The second-order valence-corrected chi connectivity index (χ2v) is 11.2. The van der Waals surface area contributed by atoms with Gasteiger partial charge in [0.15, 0.2) is 0 Å². The third-order valence-corrected chi connectivity index (χ3v) is 9.11. The molecular formula is C24H30FN5O4S2. The van der Waals surface area contributed by atoms with Crippen molar-refractivity contribution in [1.82, 2.24) is 14.9 Å². The highest BCUT2D eigenvalue weighted by Crippen LogP contribution is 2.34. The van der Waals surface area contributed by atoms with Crippen LogP contribution in [-0.4, -0.2) is 61.0 Å². The van der Waals surface area contributed by atoms with Crippen LogP contribution in [0.2, 0.25) is 0 Å². The van der Waals surface area contributed by atoms with Crippen LogP contribution in [0, 0.1) is 12.9 Å². The zero-order chi connectivity index (χ0) is 26.3. The lowest BCUT2D eigenvalue weighted by Crippen LogP contribution is -2.44. The summed E-state index contributed by atoms with van der Waals surface area (Å²) in [7, 11) is -1.95. The van der Waals surface area contributed by atoms with Crippen LogP contribution in [0.3, 0.4) is 0 Å². The summed E-state index contributed by atoms with van der Waals surface area (Å²) in [5.41, 5.74) is 1.98. The maximum Gasteiger partial charge on any atom is 0.290 e. The van der Waals surface area contributed by atoms with Crippen LogP contribution in [0.25, 0.3) is 0 Å². The molecule has 0 unspecified atom stereocenters. The highest BCUT2D eigenvalue weighted by molar-refractivity contribution is 7.94. The minimum atomic E-state index is -3.95. The zero-order valence-corrected chi connectivity index (χ0v) is 22.0. The van der Waals surface area contributed by atoms with Gasteiger partial charge < -0.3 is 10.0 Å². The van der Waals surface area contributed by atoms with Gasteiger partial charge in [-0.05, 0) is 44.4 Å². The highest BCUT2D eigenvalue weighted by Gasteiger charge is 2.29. The Hall–Kier alpha value is -3.09. The minimum Gasteiger partial charge on any atom is -0.483 e. The first-order valence-corrected chi connectivity index (χ1v) is 13.7. The van der Waals surface area contributed by atoms with Crippen molar-refractivity contribution in [3.05, 3.63) is 65.7 Å². The Kier molecular flexibility index (Phi) is 9.35. The maximum absolute atomic E-state index is 13.3. The third-order valence-electron chi connectivity index (χ3n) is 6.13. The van der Waals surface area contributed by atoms with Crippen LogP contribution in [0.4, 0.5) is 15.2 Å². The normalized spacial score (nSPS) is 15.4. The van der Waals surface area contributed by atoms with Crippen molar-refractivity contribution in [1.29, 1.82) is 0 Å². The van der Waals surface area contributed by atoms with Gasteiger partial charge in [0.25, 0.3) is 16.5 Å². The summed E-state index contributed by atoms with van der Waals surface area (Å²) in [6, 6.07) is 15.1. The number of carbonyl (C=O) groups is 1. The topological polar surface area (TPSA) is 116 Å². The van der Waals surface area contributed by atoms with Crippen molar-refractivity contribution in [3.63, 3.8) is 0 Å². The van der Waals surface area contributed by atoms with Crippen molar-refractivity contribution in [2.45, 2.75) is 43.1 Å². The van der Waals surface area contributed by atoms with Crippen molar-refractivity contribution >= 4 is 38.7 Å². The van der Waals surface area contributed by atoms with Gasteiger partial charge in [0, 0.05) is 32.2 Å². The first kappa shape index (κ1) is 27.5. The fraction of sp³-hybridized carbons (Fsp3) is 0.375. The number of carboxylic acid groups (broad SMARTS) is 1. The summed E-state index contributed by atoms with van der Waals surface area (Å²) in [4.78, 5) is 20.9. The van der Waals surface area contributed by atoms with Crippen LogP contribution in [0.15, 0.2) is 52.9 Å². The smallest absolute Gasteiger partial charge is 0.290 e. The molecule has 0 amide bonds. The fourth-order valence-corrected chi connectivity index (χ4v) is 6.59. The second-order valence-electron chi connectivity index (χ2n) is 8.39. The number of halogens is 1. The largest absolute Gasteiger partial charge is 0.483 e. The lowest BCUT2D eigenvalue weighted by molar-refractivity contribution is -0.122. The highest BCUT2D eigenvalue weighted by atomic mass is 32.2. The summed E-state index contributed by atoms with van der Waals surface area (Å²) in [5, 5.41) is 7.72. The number of anilines is 2. The molecule has 3 heterocycles. The molecule has 1 aliphatic heterocycles. The molecule has 2 aromatic heterocycles. The summed E-state index contributed by atoms with van der Waals surface area (Å²) >= 11 is 1.12. The van der Waals surface area contributed by atoms with Gasteiger partial charge in [-0.25, -0.2) is 9.97 Å². The van der Waals surface area contributed by atoms with E-state index in [0.29, 0.717) is 17.8 Å². The van der Waals surface area contributed by atoms with E-state index >= 15 is 0 Å². The van der Waals surface area contributed by atoms with E-state index in [1.165, 1.54) is 17.7 Å². The number of benzene rings is 1. The Bertz CT molecular complexity index is 1250. The Morgan fingerprint density at radius 2 is 1.81 bits per heavy atom.